The van der Waals surface area contributed by atoms with Gasteiger partial charge < -0.3 is 4.74 Å². The lowest BCUT2D eigenvalue weighted by Crippen LogP contribution is -2.09. The third kappa shape index (κ3) is 1.25. The highest BCUT2D eigenvalue weighted by Crippen LogP contribution is 2.39. The molecule has 0 aromatic heterocycles. The number of nitriles is 1. The van der Waals surface area contributed by atoms with Crippen molar-refractivity contribution in [2.75, 3.05) is 0 Å². The molecule has 2 aliphatic rings. The van der Waals surface area contributed by atoms with Crippen molar-refractivity contribution in [1.29, 1.82) is 5.26 Å². The van der Waals surface area contributed by atoms with Gasteiger partial charge in [-0.15, -0.1) is 0 Å². The first-order chi connectivity index (χ1) is 5.40. The van der Waals surface area contributed by atoms with Crippen LogP contribution in [0.2, 0.25) is 0 Å². The summed E-state index contributed by atoms with van der Waals surface area (Å²) < 4.78 is 5.70. The van der Waals surface area contributed by atoms with Crippen LogP contribution in [-0.4, -0.2) is 12.2 Å². The van der Waals surface area contributed by atoms with Crippen LogP contribution in [0.1, 0.15) is 32.1 Å². The van der Waals surface area contributed by atoms with Crippen LogP contribution in [0.25, 0.3) is 0 Å². The molecule has 2 rings (SSSR count). The molecule has 0 radical (unpaired) electrons. The van der Waals surface area contributed by atoms with Crippen molar-refractivity contribution in [2.45, 2.75) is 44.3 Å². The molecule has 1 saturated heterocycles. The first kappa shape index (κ1) is 7.12. The topological polar surface area (TPSA) is 33.0 Å². The maximum absolute atomic E-state index is 8.46. The van der Waals surface area contributed by atoms with Crippen molar-refractivity contribution in [1.82, 2.24) is 0 Å². The van der Waals surface area contributed by atoms with Crippen LogP contribution in [0.4, 0.5) is 0 Å². The summed E-state index contributed by atoms with van der Waals surface area (Å²) in [5.74, 6) is 0.786. The van der Waals surface area contributed by atoms with Gasteiger partial charge in [-0.25, -0.2) is 0 Å². The lowest BCUT2D eigenvalue weighted by atomic mass is 10.0. The maximum Gasteiger partial charge on any atom is 0.0712 e. The van der Waals surface area contributed by atoms with Gasteiger partial charge in [0.2, 0.25) is 0 Å². The molecule has 1 aliphatic carbocycles. The molecule has 1 aliphatic heterocycles. The van der Waals surface area contributed by atoms with E-state index in [1.807, 2.05) is 0 Å². The molecule has 0 amide bonds. The van der Waals surface area contributed by atoms with Crippen LogP contribution >= 0.6 is 0 Å². The maximum atomic E-state index is 8.46. The van der Waals surface area contributed by atoms with Crippen LogP contribution in [0.3, 0.4) is 0 Å². The Morgan fingerprint density at radius 3 is 3.09 bits per heavy atom. The van der Waals surface area contributed by atoms with Gasteiger partial charge in [-0.3, -0.25) is 0 Å². The van der Waals surface area contributed by atoms with E-state index in [1.165, 1.54) is 19.3 Å². The molecule has 0 aromatic rings. The molecule has 2 fully saturated rings. The van der Waals surface area contributed by atoms with Gasteiger partial charge in [0.05, 0.1) is 24.7 Å². The standard InChI is InChI=1S/C9H13NO/c10-5-4-8-6-7-2-1-3-9(7)11-8/h7-9H,1-4,6H2/t7-,8+,9-/m1/s1. The predicted octanol–water partition coefficient (Wildman–Crippen LogP) is 1.86. The highest BCUT2D eigenvalue weighted by atomic mass is 16.5. The minimum absolute atomic E-state index is 0.260. The molecule has 0 bridgehead atoms. The SMILES string of the molecule is N#CC[C@H]1C[C@H]2CCC[C@H]2O1. The lowest BCUT2D eigenvalue weighted by Gasteiger charge is -2.07. The third-order valence-electron chi connectivity index (χ3n) is 2.84. The zero-order chi connectivity index (χ0) is 7.68. The Morgan fingerprint density at radius 1 is 1.45 bits per heavy atom. The molecule has 3 atom stereocenters. The Balaban J connectivity index is 1.90. The molecule has 2 heteroatoms. The van der Waals surface area contributed by atoms with Gasteiger partial charge in [0.1, 0.15) is 0 Å². The zero-order valence-electron chi connectivity index (χ0n) is 6.62. The van der Waals surface area contributed by atoms with E-state index in [9.17, 15) is 0 Å². The molecule has 0 aromatic carbocycles. The molecule has 1 saturated carbocycles. The number of rotatable bonds is 1. The fourth-order valence-corrected chi connectivity index (χ4v) is 2.33. The second-order valence-electron chi connectivity index (χ2n) is 3.59. The Hall–Kier alpha value is -0.550. The third-order valence-corrected chi connectivity index (χ3v) is 2.84. The van der Waals surface area contributed by atoms with Crippen molar-refractivity contribution >= 4 is 0 Å². The summed E-state index contributed by atoms with van der Waals surface area (Å²) in [6.45, 7) is 0. The lowest BCUT2D eigenvalue weighted by molar-refractivity contribution is 0.0438. The fourth-order valence-electron chi connectivity index (χ4n) is 2.33. The second-order valence-corrected chi connectivity index (χ2v) is 3.59. The van der Waals surface area contributed by atoms with Crippen LogP contribution in [-0.2, 0) is 4.74 Å². The van der Waals surface area contributed by atoms with Crippen LogP contribution in [0.15, 0.2) is 0 Å². The van der Waals surface area contributed by atoms with Gasteiger partial charge in [0.15, 0.2) is 0 Å². The van der Waals surface area contributed by atoms with Crippen LogP contribution in [0, 0.1) is 17.2 Å². The van der Waals surface area contributed by atoms with E-state index in [2.05, 4.69) is 6.07 Å². The van der Waals surface area contributed by atoms with Crippen molar-refractivity contribution < 1.29 is 4.74 Å². The van der Waals surface area contributed by atoms with Gasteiger partial charge in [-0.2, -0.15) is 5.26 Å². The van der Waals surface area contributed by atoms with Gasteiger partial charge in [0.25, 0.3) is 0 Å². The first-order valence-electron chi connectivity index (χ1n) is 4.42. The zero-order valence-corrected chi connectivity index (χ0v) is 6.62. The highest BCUT2D eigenvalue weighted by Gasteiger charge is 2.37. The molecule has 1 heterocycles. The summed E-state index contributed by atoms with van der Waals surface area (Å²) >= 11 is 0. The van der Waals surface area contributed by atoms with Crippen molar-refractivity contribution in [3.05, 3.63) is 0 Å². The molecule has 11 heavy (non-hydrogen) atoms. The smallest absolute Gasteiger partial charge is 0.0712 e. The molecule has 0 unspecified atom stereocenters. The first-order valence-corrected chi connectivity index (χ1v) is 4.42. The summed E-state index contributed by atoms with van der Waals surface area (Å²) in [6, 6.07) is 2.17. The normalized spacial score (nSPS) is 41.9. The monoisotopic (exact) mass is 151 g/mol. The number of nitrogens with zero attached hydrogens (tertiary/aromatic N) is 1. The highest BCUT2D eigenvalue weighted by molar-refractivity contribution is 4.90. The van der Waals surface area contributed by atoms with E-state index in [4.69, 9.17) is 10.00 Å². The molecule has 0 spiro atoms. The molecule has 0 N–H and O–H groups in total. The fraction of sp³-hybridized carbons (Fsp3) is 0.889. The summed E-state index contributed by atoms with van der Waals surface area (Å²) in [4.78, 5) is 0. The van der Waals surface area contributed by atoms with Gasteiger partial charge >= 0.3 is 0 Å². The van der Waals surface area contributed by atoms with E-state index in [1.54, 1.807) is 0 Å². The average Bonchev–Trinajstić information content (AvgIpc) is 2.46. The Bertz CT molecular complexity index is 172. The quantitative estimate of drug-likeness (QED) is 0.573. The molecular formula is C9H13NO. The second kappa shape index (κ2) is 2.83. The van der Waals surface area contributed by atoms with Crippen molar-refractivity contribution in [3.8, 4) is 6.07 Å². The minimum Gasteiger partial charge on any atom is -0.374 e. The van der Waals surface area contributed by atoms with E-state index in [0.29, 0.717) is 12.5 Å². The Kier molecular flexibility index (Phi) is 1.83. The summed E-state index contributed by atoms with van der Waals surface area (Å²) in [6.07, 6.45) is 6.38. The van der Waals surface area contributed by atoms with E-state index in [0.717, 1.165) is 12.3 Å². The number of hydrogen-bond acceptors (Lipinski definition) is 2. The molecular weight excluding hydrogens is 138 g/mol. The Labute approximate surface area is 67.2 Å². The Morgan fingerprint density at radius 2 is 2.36 bits per heavy atom. The van der Waals surface area contributed by atoms with Crippen molar-refractivity contribution in [2.24, 2.45) is 5.92 Å². The minimum atomic E-state index is 0.260. The van der Waals surface area contributed by atoms with Crippen LogP contribution in [0.5, 0.6) is 0 Å². The van der Waals surface area contributed by atoms with Gasteiger partial charge in [0, 0.05) is 0 Å². The summed E-state index contributed by atoms with van der Waals surface area (Å²) in [5, 5.41) is 8.46. The molecule has 60 valence electrons. The van der Waals surface area contributed by atoms with Crippen LogP contribution < -0.4 is 0 Å². The number of fused-ring (bicyclic) bond motifs is 1. The average molecular weight is 151 g/mol. The number of ether oxygens (including phenoxy) is 1. The summed E-state index contributed by atoms with van der Waals surface area (Å²) in [5.41, 5.74) is 0. The van der Waals surface area contributed by atoms with E-state index < -0.39 is 0 Å². The van der Waals surface area contributed by atoms with E-state index in [-0.39, 0.29) is 6.10 Å². The van der Waals surface area contributed by atoms with E-state index >= 15 is 0 Å². The summed E-state index contributed by atoms with van der Waals surface area (Å²) in [7, 11) is 0. The number of hydrogen-bond donors (Lipinski definition) is 0. The van der Waals surface area contributed by atoms with Crippen molar-refractivity contribution in [3.63, 3.8) is 0 Å². The predicted molar refractivity (Wildman–Crippen MR) is 40.8 cm³/mol. The largest absolute Gasteiger partial charge is 0.374 e. The van der Waals surface area contributed by atoms with Gasteiger partial charge in [-0.1, -0.05) is 6.42 Å². The molecule has 2 nitrogen and oxygen atoms in total. The van der Waals surface area contributed by atoms with Gasteiger partial charge in [-0.05, 0) is 25.2 Å².